The third kappa shape index (κ3) is 5.30. The highest BCUT2D eigenvalue weighted by Gasteiger charge is 2.35. The molecular formula is C11H18N4O3. The Morgan fingerprint density at radius 3 is 2.17 bits per heavy atom. The van der Waals surface area contributed by atoms with Gasteiger partial charge in [0.15, 0.2) is 5.84 Å². The molecule has 0 amide bonds. The van der Waals surface area contributed by atoms with Gasteiger partial charge in [0.25, 0.3) is 0 Å². The van der Waals surface area contributed by atoms with Crippen LogP contribution in [0, 0.1) is 16.7 Å². The molecule has 0 saturated carbocycles. The van der Waals surface area contributed by atoms with E-state index in [2.05, 4.69) is 5.16 Å². The summed E-state index contributed by atoms with van der Waals surface area (Å²) in [7, 11) is 0. The van der Waals surface area contributed by atoms with Gasteiger partial charge in [-0.15, -0.1) is 0 Å². The summed E-state index contributed by atoms with van der Waals surface area (Å²) in [6.07, 6.45) is 0. The molecule has 0 radical (unpaired) electrons. The average molecular weight is 254 g/mol. The van der Waals surface area contributed by atoms with Crippen molar-refractivity contribution in [2.45, 2.75) is 45.8 Å². The predicted octanol–water partition coefficient (Wildman–Crippen LogP) is 0.939. The molecule has 0 aromatic carbocycles. The second kappa shape index (κ2) is 5.49. The molecule has 100 valence electrons. The zero-order chi connectivity index (χ0) is 14.6. The lowest BCUT2D eigenvalue weighted by molar-refractivity contribution is -0.179. The van der Waals surface area contributed by atoms with Crippen LogP contribution in [0.4, 0.5) is 0 Å². The summed E-state index contributed by atoms with van der Waals surface area (Å²) in [5.74, 6) is -1.16. The van der Waals surface area contributed by atoms with Gasteiger partial charge in [-0.1, -0.05) is 5.16 Å². The minimum Gasteiger partial charge on any atom is -0.457 e. The maximum Gasteiger partial charge on any atom is 0.353 e. The van der Waals surface area contributed by atoms with Gasteiger partial charge in [0.1, 0.15) is 11.7 Å². The van der Waals surface area contributed by atoms with E-state index in [4.69, 9.17) is 26.0 Å². The molecule has 0 atom stereocenters. The van der Waals surface area contributed by atoms with Crippen molar-refractivity contribution in [2.24, 2.45) is 10.9 Å². The number of esters is 1. The summed E-state index contributed by atoms with van der Waals surface area (Å²) in [6, 6.07) is 1.58. The highest BCUT2D eigenvalue weighted by atomic mass is 16.7. The third-order valence-electron chi connectivity index (χ3n) is 1.62. The Labute approximate surface area is 106 Å². The van der Waals surface area contributed by atoms with Gasteiger partial charge in [-0.05, 0) is 34.6 Å². The van der Waals surface area contributed by atoms with Gasteiger partial charge < -0.3 is 15.3 Å². The molecule has 3 N–H and O–H groups in total. The number of oxime groups is 1. The number of carbonyl (C=O) groups excluding carboxylic acids is 1. The summed E-state index contributed by atoms with van der Waals surface area (Å²) < 4.78 is 5.13. The molecule has 0 aliphatic heterocycles. The number of amidine groups is 1. The van der Waals surface area contributed by atoms with Crippen LogP contribution in [0.1, 0.15) is 34.6 Å². The van der Waals surface area contributed by atoms with E-state index in [9.17, 15) is 4.79 Å². The topological polar surface area (TPSA) is 122 Å². The number of hydrogen-bond acceptors (Lipinski definition) is 6. The van der Waals surface area contributed by atoms with Crippen LogP contribution in [0.25, 0.3) is 0 Å². The monoisotopic (exact) mass is 254 g/mol. The minimum atomic E-state index is -1.37. The number of rotatable bonds is 4. The molecule has 0 aromatic heterocycles. The van der Waals surface area contributed by atoms with Crippen molar-refractivity contribution in [3.63, 3.8) is 0 Å². The van der Waals surface area contributed by atoms with E-state index < -0.39 is 28.7 Å². The number of nitrogens with two attached hydrogens (primary N) is 1. The zero-order valence-electron chi connectivity index (χ0n) is 11.2. The van der Waals surface area contributed by atoms with Gasteiger partial charge in [0, 0.05) is 0 Å². The lowest BCUT2D eigenvalue weighted by Crippen LogP contribution is -2.40. The number of ether oxygens (including phenoxy) is 1. The Morgan fingerprint density at radius 2 is 1.83 bits per heavy atom. The number of nitriles is 1. The second-order valence-electron chi connectivity index (χ2n) is 5.07. The van der Waals surface area contributed by atoms with Crippen molar-refractivity contribution in [3.05, 3.63) is 0 Å². The first-order valence-corrected chi connectivity index (χ1v) is 5.23. The van der Waals surface area contributed by atoms with Crippen LogP contribution in [0.3, 0.4) is 0 Å². The number of nitrogens with zero attached hydrogens (tertiary/aromatic N) is 2. The first-order chi connectivity index (χ1) is 7.99. The Kier molecular flexibility index (Phi) is 4.85. The molecule has 0 aliphatic rings. The molecule has 0 aliphatic carbocycles. The van der Waals surface area contributed by atoms with Crippen molar-refractivity contribution in [1.82, 2.24) is 0 Å². The lowest BCUT2D eigenvalue weighted by Gasteiger charge is -2.26. The Hall–Kier alpha value is -2.10. The van der Waals surface area contributed by atoms with Crippen LogP contribution in [0.5, 0.6) is 0 Å². The fraction of sp³-hybridized carbons (Fsp3) is 0.636. The van der Waals surface area contributed by atoms with Gasteiger partial charge in [-0.2, -0.15) is 5.26 Å². The molecule has 18 heavy (non-hydrogen) atoms. The van der Waals surface area contributed by atoms with Crippen molar-refractivity contribution in [3.8, 4) is 6.07 Å². The molecular weight excluding hydrogens is 236 g/mol. The maximum atomic E-state index is 11.8. The van der Waals surface area contributed by atoms with Crippen molar-refractivity contribution in [2.75, 3.05) is 0 Å². The van der Waals surface area contributed by atoms with E-state index in [-0.39, 0.29) is 0 Å². The molecule has 0 heterocycles. The number of carbonyl (C=O) groups is 1. The highest BCUT2D eigenvalue weighted by Crippen LogP contribution is 2.17. The van der Waals surface area contributed by atoms with E-state index in [1.54, 1.807) is 26.8 Å². The fourth-order valence-corrected chi connectivity index (χ4v) is 0.728. The number of nitrogens with one attached hydrogen (secondary N) is 1. The van der Waals surface area contributed by atoms with Crippen LogP contribution in [-0.2, 0) is 14.4 Å². The summed E-state index contributed by atoms with van der Waals surface area (Å²) in [4.78, 5) is 16.7. The quantitative estimate of drug-likeness (QED) is 0.334. The van der Waals surface area contributed by atoms with E-state index >= 15 is 0 Å². The molecule has 7 heteroatoms. The Bertz CT molecular complexity index is 413. The molecule has 0 aromatic rings. The molecule has 0 fully saturated rings. The Morgan fingerprint density at radius 1 is 1.33 bits per heavy atom. The number of hydrogen-bond donors (Lipinski definition) is 2. The molecule has 0 rings (SSSR count). The SMILES string of the molecule is CC(C)(C)OC(=O)C(C)(C)ON=C(C#N)C(=N)N. The van der Waals surface area contributed by atoms with Gasteiger partial charge in [-0.3, -0.25) is 5.41 Å². The van der Waals surface area contributed by atoms with Gasteiger partial charge in [-0.25, -0.2) is 4.79 Å². The molecule has 0 spiro atoms. The van der Waals surface area contributed by atoms with E-state index in [0.717, 1.165) is 0 Å². The molecule has 7 nitrogen and oxygen atoms in total. The summed E-state index contributed by atoms with van der Waals surface area (Å²) in [6.45, 7) is 8.06. The molecule has 0 unspecified atom stereocenters. The third-order valence-corrected chi connectivity index (χ3v) is 1.62. The van der Waals surface area contributed by atoms with Crippen molar-refractivity contribution < 1.29 is 14.4 Å². The van der Waals surface area contributed by atoms with Crippen LogP contribution < -0.4 is 5.73 Å². The van der Waals surface area contributed by atoms with E-state index in [1.165, 1.54) is 13.8 Å². The van der Waals surface area contributed by atoms with Gasteiger partial charge in [0.2, 0.25) is 11.3 Å². The molecule has 0 saturated heterocycles. The van der Waals surface area contributed by atoms with Crippen LogP contribution in [0.2, 0.25) is 0 Å². The zero-order valence-corrected chi connectivity index (χ0v) is 11.2. The van der Waals surface area contributed by atoms with Crippen LogP contribution in [-0.4, -0.2) is 28.7 Å². The lowest BCUT2D eigenvalue weighted by atomic mass is 10.1. The summed E-state index contributed by atoms with van der Waals surface area (Å²) >= 11 is 0. The minimum absolute atomic E-state index is 0.397. The first kappa shape index (κ1) is 15.9. The fourth-order valence-electron chi connectivity index (χ4n) is 0.728. The van der Waals surface area contributed by atoms with E-state index in [0.29, 0.717) is 0 Å². The van der Waals surface area contributed by atoms with E-state index in [1.807, 2.05) is 0 Å². The predicted molar refractivity (Wildman–Crippen MR) is 66.0 cm³/mol. The first-order valence-electron chi connectivity index (χ1n) is 5.23. The second-order valence-corrected chi connectivity index (χ2v) is 5.07. The largest absolute Gasteiger partial charge is 0.457 e. The van der Waals surface area contributed by atoms with Gasteiger partial charge >= 0.3 is 5.97 Å². The summed E-state index contributed by atoms with van der Waals surface area (Å²) in [5.41, 5.74) is 2.67. The normalized spacial score (nSPS) is 12.6. The highest BCUT2D eigenvalue weighted by molar-refractivity contribution is 6.45. The smallest absolute Gasteiger partial charge is 0.353 e. The average Bonchev–Trinajstić information content (AvgIpc) is 2.15. The van der Waals surface area contributed by atoms with Crippen molar-refractivity contribution in [1.29, 1.82) is 10.7 Å². The van der Waals surface area contributed by atoms with Crippen LogP contribution >= 0.6 is 0 Å². The molecule has 0 bridgehead atoms. The standard InChI is InChI=1S/C11H18N4O3/c1-10(2,3)17-9(16)11(4,5)18-15-7(6-12)8(13)14/h1-5H3,(H3,13,14). The maximum absolute atomic E-state index is 11.8. The summed E-state index contributed by atoms with van der Waals surface area (Å²) in [5, 5.41) is 19.0. The van der Waals surface area contributed by atoms with Gasteiger partial charge in [0.05, 0.1) is 0 Å². The van der Waals surface area contributed by atoms with Crippen molar-refractivity contribution >= 4 is 17.5 Å². The van der Waals surface area contributed by atoms with Crippen LogP contribution in [0.15, 0.2) is 5.16 Å². The Balaban J connectivity index is 4.82.